The third kappa shape index (κ3) is 20.2. The molecule has 0 spiro atoms. The Morgan fingerprint density at radius 3 is 2.48 bits per heavy atom. The third-order valence-corrected chi connectivity index (χ3v) is 4.79. The van der Waals surface area contributed by atoms with Crippen molar-refractivity contribution in [1.82, 2.24) is 10.2 Å². The van der Waals surface area contributed by atoms with Gasteiger partial charge in [0.1, 0.15) is 0 Å². The van der Waals surface area contributed by atoms with E-state index < -0.39 is 0 Å². The van der Waals surface area contributed by atoms with E-state index in [4.69, 9.17) is 19.7 Å². The summed E-state index contributed by atoms with van der Waals surface area (Å²) in [6, 6.07) is 0. The predicted octanol–water partition coefficient (Wildman–Crippen LogP) is 2.31. The van der Waals surface area contributed by atoms with Crippen LogP contribution < -0.4 is 5.32 Å². The van der Waals surface area contributed by atoms with Crippen molar-refractivity contribution in [2.75, 3.05) is 66.3 Å². The lowest BCUT2D eigenvalue weighted by atomic mass is 9.99. The van der Waals surface area contributed by atoms with Gasteiger partial charge in [-0.05, 0) is 51.1 Å². The summed E-state index contributed by atoms with van der Waals surface area (Å²) in [5.74, 6) is 0.270. The Balaban J connectivity index is 3.66. The highest BCUT2D eigenvalue weighted by Crippen LogP contribution is 2.13. The molecule has 0 heterocycles. The van der Waals surface area contributed by atoms with Gasteiger partial charge in [0.05, 0.1) is 32.8 Å². The molecule has 180 valence electrons. The van der Waals surface area contributed by atoms with Crippen LogP contribution in [0.3, 0.4) is 0 Å². The van der Waals surface area contributed by atoms with Crippen LogP contribution in [0.5, 0.6) is 0 Å². The van der Waals surface area contributed by atoms with E-state index in [0.717, 1.165) is 45.2 Å². The maximum Gasteiger partial charge on any atom is 0.307 e. The SMILES string of the molecule is C=CC(C/C=C\CCOC(=O)CCNCCCN(CCO)CCO)CC/C=C/COC. The van der Waals surface area contributed by atoms with Gasteiger partial charge < -0.3 is 25.0 Å². The van der Waals surface area contributed by atoms with E-state index in [1.54, 1.807) is 7.11 Å². The molecule has 0 aromatic carbocycles. The van der Waals surface area contributed by atoms with Gasteiger partial charge in [-0.25, -0.2) is 0 Å². The van der Waals surface area contributed by atoms with Gasteiger partial charge in [0.25, 0.3) is 0 Å². The number of nitrogens with one attached hydrogen (secondary N) is 1. The van der Waals surface area contributed by atoms with E-state index in [-0.39, 0.29) is 19.2 Å². The fraction of sp³-hybridized carbons (Fsp3) is 0.708. The number of hydrogen-bond acceptors (Lipinski definition) is 7. The molecule has 31 heavy (non-hydrogen) atoms. The summed E-state index contributed by atoms with van der Waals surface area (Å²) in [5.41, 5.74) is 0. The number of hydrogen-bond donors (Lipinski definition) is 3. The first-order valence-electron chi connectivity index (χ1n) is 11.4. The Bertz CT molecular complexity index is 477. The van der Waals surface area contributed by atoms with Crippen molar-refractivity contribution in [1.29, 1.82) is 0 Å². The molecule has 1 atom stereocenters. The number of carbonyl (C=O) groups excluding carboxylic acids is 1. The van der Waals surface area contributed by atoms with Crippen molar-refractivity contribution in [2.24, 2.45) is 5.92 Å². The molecule has 7 nitrogen and oxygen atoms in total. The first-order valence-corrected chi connectivity index (χ1v) is 11.4. The van der Waals surface area contributed by atoms with Crippen molar-refractivity contribution in [3.63, 3.8) is 0 Å². The predicted molar refractivity (Wildman–Crippen MR) is 126 cm³/mol. The number of esters is 1. The highest BCUT2D eigenvalue weighted by molar-refractivity contribution is 5.69. The molecule has 0 rings (SSSR count). The van der Waals surface area contributed by atoms with Crippen LogP contribution in [0.2, 0.25) is 0 Å². The molecule has 0 radical (unpaired) electrons. The van der Waals surface area contributed by atoms with E-state index in [1.165, 1.54) is 0 Å². The maximum atomic E-state index is 11.8. The van der Waals surface area contributed by atoms with Crippen molar-refractivity contribution in [3.05, 3.63) is 37.0 Å². The molecule has 0 saturated carbocycles. The molecular formula is C24H44N2O5. The van der Waals surface area contributed by atoms with E-state index in [2.05, 4.69) is 30.1 Å². The number of nitrogens with zero attached hydrogens (tertiary/aromatic N) is 1. The Kier molecular flexibility index (Phi) is 22.0. The van der Waals surface area contributed by atoms with Crippen molar-refractivity contribution in [2.45, 2.75) is 38.5 Å². The van der Waals surface area contributed by atoms with Crippen molar-refractivity contribution >= 4 is 5.97 Å². The minimum atomic E-state index is -0.185. The zero-order chi connectivity index (χ0) is 23.0. The van der Waals surface area contributed by atoms with Gasteiger partial charge >= 0.3 is 5.97 Å². The van der Waals surface area contributed by atoms with Crippen LogP contribution in [-0.2, 0) is 14.3 Å². The van der Waals surface area contributed by atoms with Crippen LogP contribution in [-0.4, -0.2) is 87.3 Å². The lowest BCUT2D eigenvalue weighted by Gasteiger charge is -2.19. The Morgan fingerprint density at radius 1 is 1.06 bits per heavy atom. The van der Waals surface area contributed by atoms with Crippen LogP contribution in [0, 0.1) is 5.92 Å². The average Bonchev–Trinajstić information content (AvgIpc) is 2.77. The molecule has 0 aliphatic rings. The summed E-state index contributed by atoms with van der Waals surface area (Å²) in [4.78, 5) is 13.8. The minimum Gasteiger partial charge on any atom is -0.465 e. The number of aliphatic hydroxyl groups is 2. The molecule has 0 aromatic rings. The number of carbonyl (C=O) groups is 1. The van der Waals surface area contributed by atoms with Crippen LogP contribution in [0.15, 0.2) is 37.0 Å². The third-order valence-electron chi connectivity index (χ3n) is 4.79. The first-order chi connectivity index (χ1) is 15.2. The Hall–Kier alpha value is -1.51. The van der Waals surface area contributed by atoms with Gasteiger partial charge in [-0.1, -0.05) is 30.4 Å². The van der Waals surface area contributed by atoms with E-state index in [0.29, 0.717) is 45.2 Å². The number of methoxy groups -OCH3 is 1. The topological polar surface area (TPSA) is 91.3 Å². The summed E-state index contributed by atoms with van der Waals surface area (Å²) >= 11 is 0. The van der Waals surface area contributed by atoms with Crippen LogP contribution in [0.4, 0.5) is 0 Å². The molecule has 1 unspecified atom stereocenters. The van der Waals surface area contributed by atoms with Crippen LogP contribution in [0.1, 0.15) is 38.5 Å². The lowest BCUT2D eigenvalue weighted by molar-refractivity contribution is -0.143. The fourth-order valence-electron chi connectivity index (χ4n) is 2.99. The molecule has 0 aromatic heterocycles. The van der Waals surface area contributed by atoms with Gasteiger partial charge in [-0.15, -0.1) is 6.58 Å². The molecule has 7 heteroatoms. The van der Waals surface area contributed by atoms with Crippen LogP contribution in [0.25, 0.3) is 0 Å². The summed E-state index contributed by atoms with van der Waals surface area (Å²) in [7, 11) is 1.69. The summed E-state index contributed by atoms with van der Waals surface area (Å²) in [6.45, 7) is 8.49. The number of allylic oxidation sites excluding steroid dienone is 3. The van der Waals surface area contributed by atoms with Gasteiger partial charge in [0.2, 0.25) is 0 Å². The van der Waals surface area contributed by atoms with Crippen molar-refractivity contribution in [3.8, 4) is 0 Å². The zero-order valence-electron chi connectivity index (χ0n) is 19.3. The molecule has 0 saturated heterocycles. The number of rotatable bonds is 22. The molecule has 0 aliphatic carbocycles. The molecule has 0 aliphatic heterocycles. The van der Waals surface area contributed by atoms with Crippen LogP contribution >= 0.6 is 0 Å². The van der Waals surface area contributed by atoms with Gasteiger partial charge in [-0.2, -0.15) is 0 Å². The highest BCUT2D eigenvalue weighted by atomic mass is 16.5. The average molecular weight is 441 g/mol. The smallest absolute Gasteiger partial charge is 0.307 e. The lowest BCUT2D eigenvalue weighted by Crippen LogP contribution is -2.32. The number of aliphatic hydroxyl groups excluding tert-OH is 2. The maximum absolute atomic E-state index is 11.8. The summed E-state index contributed by atoms with van der Waals surface area (Å²) in [6.07, 6.45) is 15.4. The highest BCUT2D eigenvalue weighted by Gasteiger charge is 2.04. The zero-order valence-corrected chi connectivity index (χ0v) is 19.3. The second-order valence-corrected chi connectivity index (χ2v) is 7.36. The normalized spacial score (nSPS) is 12.8. The number of ether oxygens (including phenoxy) is 2. The van der Waals surface area contributed by atoms with Gasteiger partial charge in [0.15, 0.2) is 0 Å². The first kappa shape index (κ1) is 29.5. The largest absolute Gasteiger partial charge is 0.465 e. The monoisotopic (exact) mass is 440 g/mol. The molecule has 0 bridgehead atoms. The minimum absolute atomic E-state index is 0.0935. The molecule has 3 N–H and O–H groups in total. The second kappa shape index (κ2) is 23.2. The molecular weight excluding hydrogens is 396 g/mol. The van der Waals surface area contributed by atoms with Gasteiger partial charge in [0, 0.05) is 26.7 Å². The Labute approximate surface area is 188 Å². The standard InChI is InChI=1S/C24H44N2O5/c1-3-23(11-6-4-8-21-30-2)12-7-5-9-22-31-24(29)13-15-25-14-10-16-26(17-19-27)18-20-28/h3-5,7-8,23,25,27-28H,1,6,9-22H2,2H3/b7-5-,8-4+. The quantitative estimate of drug-likeness (QED) is 0.135. The summed E-state index contributed by atoms with van der Waals surface area (Å²) < 4.78 is 10.2. The fourth-order valence-corrected chi connectivity index (χ4v) is 2.99. The van der Waals surface area contributed by atoms with E-state index in [9.17, 15) is 4.79 Å². The molecule has 0 fully saturated rings. The summed E-state index contributed by atoms with van der Waals surface area (Å²) in [5, 5.41) is 21.2. The van der Waals surface area contributed by atoms with Crippen molar-refractivity contribution < 1.29 is 24.5 Å². The van der Waals surface area contributed by atoms with E-state index >= 15 is 0 Å². The van der Waals surface area contributed by atoms with Gasteiger partial charge in [-0.3, -0.25) is 9.69 Å². The molecule has 0 amide bonds. The second-order valence-electron chi connectivity index (χ2n) is 7.36. The van der Waals surface area contributed by atoms with E-state index in [1.807, 2.05) is 17.1 Å². The Morgan fingerprint density at radius 2 is 1.81 bits per heavy atom.